The maximum absolute atomic E-state index is 12.7. The maximum Gasteiger partial charge on any atom is 0.306 e. The number of hydrogen-bond donors (Lipinski definition) is 0. The van der Waals surface area contributed by atoms with Crippen LogP contribution in [0.25, 0.3) is 0 Å². The summed E-state index contributed by atoms with van der Waals surface area (Å²) in [6, 6.07) is 0. The first-order chi connectivity index (χ1) is 29.0. The van der Waals surface area contributed by atoms with Gasteiger partial charge in [0.05, 0.1) is 0 Å². The third-order valence-electron chi connectivity index (χ3n) is 9.04. The van der Waals surface area contributed by atoms with Crippen LogP contribution in [0, 0.1) is 0 Å². The Labute approximate surface area is 361 Å². The van der Waals surface area contributed by atoms with Gasteiger partial charge in [-0.3, -0.25) is 14.4 Å². The van der Waals surface area contributed by atoms with Crippen LogP contribution in [0.3, 0.4) is 0 Å². The highest BCUT2D eigenvalue weighted by Crippen LogP contribution is 2.10. The van der Waals surface area contributed by atoms with E-state index in [0.717, 1.165) is 83.5 Å². The van der Waals surface area contributed by atoms with E-state index in [1.54, 1.807) is 0 Å². The van der Waals surface area contributed by atoms with Gasteiger partial charge < -0.3 is 14.2 Å². The second-order valence-electron chi connectivity index (χ2n) is 14.7. The van der Waals surface area contributed by atoms with E-state index in [9.17, 15) is 14.4 Å². The van der Waals surface area contributed by atoms with Crippen molar-refractivity contribution >= 4 is 17.9 Å². The molecule has 0 radical (unpaired) electrons. The van der Waals surface area contributed by atoms with Crippen LogP contribution in [0.2, 0.25) is 0 Å². The largest absolute Gasteiger partial charge is 0.462 e. The molecule has 0 amide bonds. The van der Waals surface area contributed by atoms with Crippen molar-refractivity contribution in [3.05, 3.63) is 122 Å². The Bertz CT molecular complexity index is 1300. The van der Waals surface area contributed by atoms with Gasteiger partial charge in [0.15, 0.2) is 6.10 Å². The molecule has 6 nitrogen and oxygen atoms in total. The highest BCUT2D eigenvalue weighted by Gasteiger charge is 2.19. The number of ether oxygens (including phenoxy) is 3. The SMILES string of the molecule is CC\C=C/C=C\C=C/C=C\CCCCCC(=O)OC(COC(=O)CCC/C=C\C/C=C\C/C=C\C/C=C\CCCCC)COC(=O)CCCCC/C=C\C=C/CCCC. The van der Waals surface area contributed by atoms with Gasteiger partial charge in [0.25, 0.3) is 0 Å². The van der Waals surface area contributed by atoms with Crippen molar-refractivity contribution in [2.45, 2.75) is 181 Å². The molecule has 0 saturated heterocycles. The Morgan fingerprint density at radius 3 is 1.29 bits per heavy atom. The lowest BCUT2D eigenvalue weighted by Crippen LogP contribution is -2.30. The summed E-state index contributed by atoms with van der Waals surface area (Å²) in [7, 11) is 0. The molecule has 0 aliphatic carbocycles. The highest BCUT2D eigenvalue weighted by atomic mass is 16.6. The van der Waals surface area contributed by atoms with Gasteiger partial charge in [0.2, 0.25) is 0 Å². The third-order valence-corrected chi connectivity index (χ3v) is 9.04. The highest BCUT2D eigenvalue weighted by molar-refractivity contribution is 5.71. The zero-order valence-electron chi connectivity index (χ0n) is 37.5. The number of hydrogen-bond acceptors (Lipinski definition) is 6. The summed E-state index contributed by atoms with van der Waals surface area (Å²) in [6.45, 7) is 6.27. The summed E-state index contributed by atoms with van der Waals surface area (Å²) in [5, 5.41) is 0. The summed E-state index contributed by atoms with van der Waals surface area (Å²) >= 11 is 0. The first-order valence-electron chi connectivity index (χ1n) is 23.1. The molecule has 6 heteroatoms. The molecular weight excluding hydrogens is 733 g/mol. The molecule has 0 aliphatic heterocycles. The minimum Gasteiger partial charge on any atom is -0.462 e. The molecular formula is C53H82O6. The Hall–Kier alpha value is -4.19. The number of unbranched alkanes of at least 4 members (excludes halogenated alkanes) is 12. The van der Waals surface area contributed by atoms with Crippen LogP contribution in [0.4, 0.5) is 0 Å². The Balaban J connectivity index is 4.59. The van der Waals surface area contributed by atoms with Crippen LogP contribution in [0.1, 0.15) is 175 Å². The predicted octanol–water partition coefficient (Wildman–Crippen LogP) is 15.0. The van der Waals surface area contributed by atoms with Crippen molar-refractivity contribution in [1.82, 2.24) is 0 Å². The van der Waals surface area contributed by atoms with Crippen molar-refractivity contribution in [2.75, 3.05) is 13.2 Å². The minimum atomic E-state index is -0.833. The standard InChI is InChI=1S/C53H82O6/c1-4-7-10-13-16-19-22-24-25-26-27-29-31-34-37-40-43-46-52(55)58-49-50(48-57-51(54)45-42-39-36-33-30-21-18-15-12-9-6-3)59-53(56)47-44-41-38-35-32-28-23-20-17-14-11-8-5-2/h8,11,14-21,23-25,27-30,32,34,37,50H,4-7,9-10,12-13,22,26,31,33,35-36,38-49H2,1-3H3/b11-8-,17-14-,18-15-,19-16-,23-20-,25-24-,29-27-,30-21-,32-28-,37-34-. The third kappa shape index (κ3) is 44.8. The number of allylic oxidation sites excluding steroid dienone is 20. The van der Waals surface area contributed by atoms with Crippen molar-refractivity contribution in [3.63, 3.8) is 0 Å². The monoisotopic (exact) mass is 815 g/mol. The van der Waals surface area contributed by atoms with Crippen LogP contribution < -0.4 is 0 Å². The van der Waals surface area contributed by atoms with Gasteiger partial charge in [0.1, 0.15) is 13.2 Å². The average molecular weight is 815 g/mol. The van der Waals surface area contributed by atoms with Crippen molar-refractivity contribution in [1.29, 1.82) is 0 Å². The van der Waals surface area contributed by atoms with Gasteiger partial charge in [0, 0.05) is 19.3 Å². The molecule has 1 atom stereocenters. The van der Waals surface area contributed by atoms with Crippen LogP contribution in [0.15, 0.2) is 122 Å². The summed E-state index contributed by atoms with van der Waals surface area (Å²) in [5.74, 6) is -1.07. The first kappa shape index (κ1) is 54.8. The molecule has 0 bridgehead atoms. The van der Waals surface area contributed by atoms with Crippen LogP contribution in [-0.2, 0) is 28.6 Å². The van der Waals surface area contributed by atoms with E-state index in [-0.39, 0.29) is 44.0 Å². The van der Waals surface area contributed by atoms with Gasteiger partial charge in [-0.2, -0.15) is 0 Å². The zero-order chi connectivity index (χ0) is 43.0. The molecule has 0 spiro atoms. The zero-order valence-corrected chi connectivity index (χ0v) is 37.5. The molecule has 0 aromatic heterocycles. The predicted molar refractivity (Wildman–Crippen MR) is 251 cm³/mol. The topological polar surface area (TPSA) is 78.9 Å². The molecule has 0 aromatic rings. The number of carbonyl (C=O) groups excluding carboxylic acids is 3. The van der Waals surface area contributed by atoms with Gasteiger partial charge in [-0.25, -0.2) is 0 Å². The quantitative estimate of drug-likeness (QED) is 0.0202. The van der Waals surface area contributed by atoms with Crippen LogP contribution >= 0.6 is 0 Å². The second-order valence-corrected chi connectivity index (χ2v) is 14.7. The lowest BCUT2D eigenvalue weighted by molar-refractivity contribution is -0.167. The maximum atomic E-state index is 12.7. The second kappa shape index (κ2) is 46.5. The van der Waals surface area contributed by atoms with Crippen molar-refractivity contribution < 1.29 is 28.6 Å². The average Bonchev–Trinajstić information content (AvgIpc) is 3.23. The van der Waals surface area contributed by atoms with Crippen LogP contribution in [-0.4, -0.2) is 37.2 Å². The van der Waals surface area contributed by atoms with Crippen molar-refractivity contribution in [2.24, 2.45) is 0 Å². The summed E-state index contributed by atoms with van der Waals surface area (Å²) in [6.07, 6.45) is 63.3. The molecule has 1 unspecified atom stereocenters. The fourth-order valence-corrected chi connectivity index (χ4v) is 5.54. The van der Waals surface area contributed by atoms with Crippen molar-refractivity contribution in [3.8, 4) is 0 Å². The molecule has 0 rings (SSSR count). The normalized spacial score (nSPS) is 13.2. The fourth-order valence-electron chi connectivity index (χ4n) is 5.54. The van der Waals surface area contributed by atoms with E-state index in [1.165, 1.54) is 38.5 Å². The fraction of sp³-hybridized carbons (Fsp3) is 0.566. The molecule has 59 heavy (non-hydrogen) atoms. The number of esters is 3. The molecule has 0 fully saturated rings. The van der Waals surface area contributed by atoms with Gasteiger partial charge in [-0.05, 0) is 96.3 Å². The summed E-state index contributed by atoms with van der Waals surface area (Å²) in [4.78, 5) is 37.7. The molecule has 0 aromatic carbocycles. The molecule has 0 aliphatic rings. The Morgan fingerprint density at radius 1 is 0.373 bits per heavy atom. The van der Waals surface area contributed by atoms with E-state index in [0.29, 0.717) is 19.3 Å². The minimum absolute atomic E-state index is 0.129. The van der Waals surface area contributed by atoms with Crippen LogP contribution in [0.5, 0.6) is 0 Å². The Kier molecular flexibility index (Phi) is 43.2. The number of rotatable bonds is 39. The molecule has 0 N–H and O–H groups in total. The number of carbonyl (C=O) groups is 3. The van der Waals surface area contributed by atoms with E-state index in [2.05, 4.69) is 106 Å². The van der Waals surface area contributed by atoms with E-state index in [1.807, 2.05) is 36.5 Å². The Morgan fingerprint density at radius 2 is 0.763 bits per heavy atom. The van der Waals surface area contributed by atoms with E-state index >= 15 is 0 Å². The smallest absolute Gasteiger partial charge is 0.306 e. The first-order valence-corrected chi connectivity index (χ1v) is 23.1. The molecule has 330 valence electrons. The van der Waals surface area contributed by atoms with Gasteiger partial charge in [-0.15, -0.1) is 0 Å². The molecule has 0 heterocycles. The summed E-state index contributed by atoms with van der Waals surface area (Å²) < 4.78 is 16.6. The van der Waals surface area contributed by atoms with E-state index < -0.39 is 6.10 Å². The van der Waals surface area contributed by atoms with Gasteiger partial charge in [-0.1, -0.05) is 181 Å². The molecule has 0 saturated carbocycles. The van der Waals surface area contributed by atoms with Gasteiger partial charge >= 0.3 is 17.9 Å². The lowest BCUT2D eigenvalue weighted by atomic mass is 10.1. The van der Waals surface area contributed by atoms with E-state index in [4.69, 9.17) is 14.2 Å². The summed E-state index contributed by atoms with van der Waals surface area (Å²) in [5.41, 5.74) is 0. The lowest BCUT2D eigenvalue weighted by Gasteiger charge is -2.18.